The molecule has 0 aliphatic rings. The van der Waals surface area contributed by atoms with E-state index in [1.807, 2.05) is 0 Å². The summed E-state index contributed by atoms with van der Waals surface area (Å²) in [6.45, 7) is 7.36. The summed E-state index contributed by atoms with van der Waals surface area (Å²) in [5, 5.41) is 16.8. The number of thiophene rings is 1. The first-order chi connectivity index (χ1) is 10.2. The zero-order valence-corrected chi connectivity index (χ0v) is 13.8. The summed E-state index contributed by atoms with van der Waals surface area (Å²) >= 11 is 1.72. The minimum Gasteiger partial charge on any atom is -0.396 e. The molecule has 21 heavy (non-hydrogen) atoms. The van der Waals surface area contributed by atoms with Gasteiger partial charge in [-0.2, -0.15) is 4.98 Å². The third-order valence-corrected chi connectivity index (χ3v) is 4.44. The Morgan fingerprint density at radius 3 is 2.81 bits per heavy atom. The average Bonchev–Trinajstić information content (AvgIpc) is 2.88. The summed E-state index contributed by atoms with van der Waals surface area (Å²) in [5.41, 5.74) is 0. The topological polar surface area (TPSA) is 70.1 Å². The lowest BCUT2D eigenvalue weighted by Gasteiger charge is -2.15. The van der Waals surface area contributed by atoms with Gasteiger partial charge in [-0.3, -0.25) is 0 Å². The van der Waals surface area contributed by atoms with E-state index in [-0.39, 0.29) is 12.6 Å². The number of nitrogens with one attached hydrogen (secondary N) is 2. The van der Waals surface area contributed by atoms with Gasteiger partial charge < -0.3 is 15.7 Å². The second-order valence-corrected chi connectivity index (χ2v) is 6.28. The molecule has 0 bridgehead atoms. The van der Waals surface area contributed by atoms with Crippen molar-refractivity contribution >= 4 is 33.3 Å². The molecule has 6 heteroatoms. The second kappa shape index (κ2) is 7.56. The highest BCUT2D eigenvalue weighted by molar-refractivity contribution is 7.18. The molecule has 2 heterocycles. The zero-order valence-electron chi connectivity index (χ0n) is 12.9. The third-order valence-electron chi connectivity index (χ3n) is 3.27. The fraction of sp³-hybridized carbons (Fsp3) is 0.600. The first kappa shape index (κ1) is 16.0. The van der Waals surface area contributed by atoms with Crippen LogP contribution >= 0.6 is 11.3 Å². The molecule has 116 valence electrons. The molecule has 0 aliphatic carbocycles. The molecule has 0 radical (unpaired) electrons. The molecule has 0 aliphatic heterocycles. The molecular weight excluding hydrogens is 284 g/mol. The standard InChI is InChI=1S/C15H24N4OS/c1-4-7-16-15-18-13(17-10(3)6-8-20)12-9-11(5-2)21-14(12)19-15/h9-10,20H,4-8H2,1-3H3,(H2,16,17,18,19). The van der Waals surface area contributed by atoms with E-state index in [1.165, 1.54) is 4.88 Å². The lowest BCUT2D eigenvalue weighted by Crippen LogP contribution is -2.18. The van der Waals surface area contributed by atoms with Crippen LogP contribution in [0.5, 0.6) is 0 Å². The molecular formula is C15H24N4OS. The van der Waals surface area contributed by atoms with E-state index in [0.717, 1.165) is 35.4 Å². The molecule has 0 saturated carbocycles. The molecule has 5 nitrogen and oxygen atoms in total. The monoisotopic (exact) mass is 308 g/mol. The van der Waals surface area contributed by atoms with Crippen molar-refractivity contribution in [2.24, 2.45) is 0 Å². The van der Waals surface area contributed by atoms with Gasteiger partial charge in [0, 0.05) is 24.1 Å². The first-order valence-corrected chi connectivity index (χ1v) is 8.41. The molecule has 2 aromatic rings. The van der Waals surface area contributed by atoms with Gasteiger partial charge in [0.1, 0.15) is 10.6 Å². The number of hydrogen-bond acceptors (Lipinski definition) is 6. The van der Waals surface area contributed by atoms with Crippen molar-refractivity contribution in [1.29, 1.82) is 0 Å². The third kappa shape index (κ3) is 4.04. The Balaban J connectivity index is 2.35. The van der Waals surface area contributed by atoms with Gasteiger partial charge in [0.15, 0.2) is 0 Å². The molecule has 2 rings (SSSR count). The first-order valence-electron chi connectivity index (χ1n) is 7.59. The van der Waals surface area contributed by atoms with Gasteiger partial charge in [-0.1, -0.05) is 13.8 Å². The lowest BCUT2D eigenvalue weighted by molar-refractivity contribution is 0.282. The highest BCUT2D eigenvalue weighted by Gasteiger charge is 2.13. The number of nitrogens with zero attached hydrogens (tertiary/aromatic N) is 2. The van der Waals surface area contributed by atoms with Gasteiger partial charge in [0.05, 0.1) is 5.39 Å². The van der Waals surface area contributed by atoms with E-state index in [4.69, 9.17) is 5.11 Å². The lowest BCUT2D eigenvalue weighted by atomic mass is 10.2. The minimum absolute atomic E-state index is 0.174. The highest BCUT2D eigenvalue weighted by Crippen LogP contribution is 2.30. The van der Waals surface area contributed by atoms with E-state index < -0.39 is 0 Å². The van der Waals surface area contributed by atoms with Crippen molar-refractivity contribution in [3.8, 4) is 0 Å². The predicted octanol–water partition coefficient (Wildman–Crippen LogP) is 3.26. The predicted molar refractivity (Wildman–Crippen MR) is 90.4 cm³/mol. The van der Waals surface area contributed by atoms with Gasteiger partial charge in [0.2, 0.25) is 5.95 Å². The van der Waals surface area contributed by atoms with E-state index >= 15 is 0 Å². The van der Waals surface area contributed by atoms with Crippen LogP contribution in [0.15, 0.2) is 6.07 Å². The van der Waals surface area contributed by atoms with Gasteiger partial charge in [-0.25, -0.2) is 4.98 Å². The van der Waals surface area contributed by atoms with Crippen molar-refractivity contribution < 1.29 is 5.11 Å². The second-order valence-electron chi connectivity index (χ2n) is 5.17. The van der Waals surface area contributed by atoms with Crippen molar-refractivity contribution in [2.75, 3.05) is 23.8 Å². The molecule has 0 aromatic carbocycles. The number of aryl methyl sites for hydroxylation is 1. The summed E-state index contributed by atoms with van der Waals surface area (Å²) < 4.78 is 0. The van der Waals surface area contributed by atoms with Gasteiger partial charge in [-0.05, 0) is 32.3 Å². The normalized spacial score (nSPS) is 12.6. The summed E-state index contributed by atoms with van der Waals surface area (Å²) in [7, 11) is 0. The Morgan fingerprint density at radius 1 is 1.33 bits per heavy atom. The number of hydrogen-bond donors (Lipinski definition) is 3. The Morgan fingerprint density at radius 2 is 2.14 bits per heavy atom. The number of anilines is 2. The van der Waals surface area contributed by atoms with Gasteiger partial charge in [-0.15, -0.1) is 11.3 Å². The van der Waals surface area contributed by atoms with Crippen LogP contribution in [0, 0.1) is 0 Å². The van der Waals surface area contributed by atoms with Crippen molar-refractivity contribution in [1.82, 2.24) is 9.97 Å². The zero-order chi connectivity index (χ0) is 15.2. The SMILES string of the molecule is CCCNc1nc(NC(C)CCO)c2cc(CC)sc2n1. The largest absolute Gasteiger partial charge is 0.396 e. The molecule has 1 unspecified atom stereocenters. The number of rotatable bonds is 8. The van der Waals surface area contributed by atoms with Crippen molar-refractivity contribution in [3.05, 3.63) is 10.9 Å². The number of aliphatic hydroxyl groups excluding tert-OH is 1. The molecule has 1 atom stereocenters. The summed E-state index contributed by atoms with van der Waals surface area (Å²) in [6.07, 6.45) is 2.74. The van der Waals surface area contributed by atoms with Crippen LogP contribution in [0.25, 0.3) is 10.2 Å². The van der Waals surface area contributed by atoms with Crippen molar-refractivity contribution in [3.63, 3.8) is 0 Å². The van der Waals surface area contributed by atoms with Crippen molar-refractivity contribution in [2.45, 2.75) is 46.1 Å². The number of aromatic nitrogens is 2. The number of aliphatic hydroxyl groups is 1. The van der Waals surface area contributed by atoms with E-state index in [2.05, 4.69) is 47.4 Å². The highest BCUT2D eigenvalue weighted by atomic mass is 32.1. The van der Waals surface area contributed by atoms with E-state index in [9.17, 15) is 0 Å². The van der Waals surface area contributed by atoms with Crippen LogP contribution < -0.4 is 10.6 Å². The summed E-state index contributed by atoms with van der Waals surface area (Å²) in [6, 6.07) is 2.34. The minimum atomic E-state index is 0.174. The van der Waals surface area contributed by atoms with E-state index in [1.54, 1.807) is 11.3 Å². The maximum atomic E-state index is 9.06. The Kier molecular flexibility index (Phi) is 5.76. The molecule has 0 saturated heterocycles. The molecule has 0 fully saturated rings. The summed E-state index contributed by atoms with van der Waals surface area (Å²) in [4.78, 5) is 11.5. The maximum absolute atomic E-state index is 9.06. The fourth-order valence-corrected chi connectivity index (χ4v) is 3.04. The Labute approximate surface area is 129 Å². The van der Waals surface area contributed by atoms with Crippen LogP contribution in [0.1, 0.15) is 38.5 Å². The van der Waals surface area contributed by atoms with Gasteiger partial charge >= 0.3 is 0 Å². The smallest absolute Gasteiger partial charge is 0.226 e. The number of fused-ring (bicyclic) bond motifs is 1. The average molecular weight is 308 g/mol. The Bertz CT molecular complexity index is 584. The summed E-state index contributed by atoms with van der Waals surface area (Å²) in [5.74, 6) is 1.53. The Hall–Kier alpha value is -1.40. The fourth-order valence-electron chi connectivity index (χ4n) is 2.07. The van der Waals surface area contributed by atoms with Crippen LogP contribution in [0.4, 0.5) is 11.8 Å². The van der Waals surface area contributed by atoms with E-state index in [0.29, 0.717) is 12.4 Å². The maximum Gasteiger partial charge on any atom is 0.226 e. The van der Waals surface area contributed by atoms with Crippen LogP contribution in [0.2, 0.25) is 0 Å². The molecule has 0 amide bonds. The quantitative estimate of drug-likeness (QED) is 0.698. The van der Waals surface area contributed by atoms with Gasteiger partial charge in [0.25, 0.3) is 0 Å². The van der Waals surface area contributed by atoms with Crippen LogP contribution in [0.3, 0.4) is 0 Å². The molecule has 3 N–H and O–H groups in total. The van der Waals surface area contributed by atoms with Crippen LogP contribution in [-0.4, -0.2) is 34.3 Å². The van der Waals surface area contributed by atoms with Crippen LogP contribution in [-0.2, 0) is 6.42 Å². The molecule has 0 spiro atoms. The molecule has 2 aromatic heterocycles.